The van der Waals surface area contributed by atoms with Crippen LogP contribution in [0.3, 0.4) is 0 Å². The van der Waals surface area contributed by atoms with Crippen molar-refractivity contribution in [2.24, 2.45) is 5.73 Å². The van der Waals surface area contributed by atoms with E-state index in [2.05, 4.69) is 12.1 Å². The van der Waals surface area contributed by atoms with Gasteiger partial charge in [-0.15, -0.1) is 0 Å². The van der Waals surface area contributed by atoms with Crippen molar-refractivity contribution < 1.29 is 14.2 Å². The van der Waals surface area contributed by atoms with Crippen LogP contribution in [0.4, 0.5) is 0 Å². The minimum absolute atomic E-state index is 0.0320. The molecule has 0 aromatic heterocycles. The van der Waals surface area contributed by atoms with Crippen LogP contribution in [0, 0.1) is 0 Å². The van der Waals surface area contributed by atoms with Crippen LogP contribution in [0.15, 0.2) is 12.1 Å². The fourth-order valence-electron chi connectivity index (χ4n) is 3.35. The molecule has 20 heavy (non-hydrogen) atoms. The van der Waals surface area contributed by atoms with Crippen molar-refractivity contribution in [3.05, 3.63) is 23.3 Å². The zero-order valence-electron chi connectivity index (χ0n) is 12.7. The number of rotatable bonds is 6. The molecule has 2 N–H and O–H groups in total. The van der Waals surface area contributed by atoms with E-state index in [1.165, 1.54) is 18.4 Å². The molecule has 0 bridgehead atoms. The van der Waals surface area contributed by atoms with Gasteiger partial charge in [0.1, 0.15) is 0 Å². The summed E-state index contributed by atoms with van der Waals surface area (Å²) in [6.45, 7) is 1.16. The quantitative estimate of drug-likeness (QED) is 0.869. The molecule has 0 atom stereocenters. The van der Waals surface area contributed by atoms with E-state index in [9.17, 15) is 0 Å². The summed E-state index contributed by atoms with van der Waals surface area (Å²) in [7, 11) is 5.04. The first-order chi connectivity index (χ1) is 9.72. The fraction of sp³-hybridized carbons (Fsp3) is 0.625. The van der Waals surface area contributed by atoms with E-state index in [4.69, 9.17) is 19.9 Å². The van der Waals surface area contributed by atoms with Gasteiger partial charge < -0.3 is 19.9 Å². The Labute approximate surface area is 121 Å². The molecule has 0 heterocycles. The van der Waals surface area contributed by atoms with Crippen molar-refractivity contribution >= 4 is 0 Å². The molecule has 112 valence electrons. The third-order valence-electron chi connectivity index (χ3n) is 4.42. The predicted molar refractivity (Wildman–Crippen MR) is 79.5 cm³/mol. The normalized spacial score (nSPS) is 17.2. The molecule has 1 aliphatic carbocycles. The number of nitrogens with two attached hydrogens (primary N) is 1. The van der Waals surface area contributed by atoms with Crippen LogP contribution < -0.4 is 15.2 Å². The van der Waals surface area contributed by atoms with E-state index in [1.54, 1.807) is 21.3 Å². The van der Waals surface area contributed by atoms with Gasteiger partial charge in [-0.25, -0.2) is 0 Å². The number of hydrogen-bond donors (Lipinski definition) is 1. The van der Waals surface area contributed by atoms with Crippen molar-refractivity contribution in [1.82, 2.24) is 0 Å². The minimum Gasteiger partial charge on any atom is -0.493 e. The maximum Gasteiger partial charge on any atom is 0.166 e. The van der Waals surface area contributed by atoms with Gasteiger partial charge >= 0.3 is 0 Å². The van der Waals surface area contributed by atoms with Crippen molar-refractivity contribution in [3.8, 4) is 11.5 Å². The van der Waals surface area contributed by atoms with Crippen LogP contribution in [0.25, 0.3) is 0 Å². The van der Waals surface area contributed by atoms with Crippen molar-refractivity contribution in [2.75, 3.05) is 27.9 Å². The minimum atomic E-state index is 0.0320. The molecule has 0 aliphatic heterocycles. The van der Waals surface area contributed by atoms with Crippen LogP contribution in [-0.4, -0.2) is 27.9 Å². The molecule has 4 nitrogen and oxygen atoms in total. The summed E-state index contributed by atoms with van der Waals surface area (Å²) in [6.07, 6.45) is 4.68. The lowest BCUT2D eigenvalue weighted by atomic mass is 9.78. The molecule has 1 saturated carbocycles. The van der Waals surface area contributed by atoms with Gasteiger partial charge in [0.2, 0.25) is 0 Å². The largest absolute Gasteiger partial charge is 0.493 e. The van der Waals surface area contributed by atoms with Crippen molar-refractivity contribution in [1.29, 1.82) is 0 Å². The average Bonchev–Trinajstić information content (AvgIpc) is 2.96. The standard InChI is InChI=1S/C16H25NO3/c1-18-10-12-6-7-13(15(20-3)14(12)19-2)16(11-17)8-4-5-9-16/h6-7H,4-5,8-11,17H2,1-3H3. The van der Waals surface area contributed by atoms with Gasteiger partial charge in [-0.1, -0.05) is 25.0 Å². The summed E-state index contributed by atoms with van der Waals surface area (Å²) >= 11 is 0. The van der Waals surface area contributed by atoms with Crippen LogP contribution >= 0.6 is 0 Å². The molecular weight excluding hydrogens is 254 g/mol. The van der Waals surface area contributed by atoms with E-state index in [1.807, 2.05) is 0 Å². The molecule has 2 rings (SSSR count). The first-order valence-corrected chi connectivity index (χ1v) is 7.15. The third-order valence-corrected chi connectivity index (χ3v) is 4.42. The van der Waals surface area contributed by atoms with Gasteiger partial charge in [0.15, 0.2) is 11.5 Å². The molecule has 0 unspecified atom stereocenters. The fourth-order valence-corrected chi connectivity index (χ4v) is 3.35. The zero-order chi connectivity index (χ0) is 14.6. The van der Waals surface area contributed by atoms with Crippen molar-refractivity contribution in [2.45, 2.75) is 37.7 Å². The monoisotopic (exact) mass is 279 g/mol. The second-order valence-electron chi connectivity index (χ2n) is 5.46. The van der Waals surface area contributed by atoms with E-state index in [-0.39, 0.29) is 5.41 Å². The van der Waals surface area contributed by atoms with Gasteiger partial charge in [0.25, 0.3) is 0 Å². The predicted octanol–water partition coefficient (Wildman–Crippen LogP) is 2.62. The van der Waals surface area contributed by atoms with E-state index >= 15 is 0 Å². The highest BCUT2D eigenvalue weighted by molar-refractivity contribution is 5.55. The summed E-state index contributed by atoms with van der Waals surface area (Å²) in [5.41, 5.74) is 8.30. The van der Waals surface area contributed by atoms with Crippen LogP contribution in [-0.2, 0) is 16.8 Å². The maximum absolute atomic E-state index is 6.09. The average molecular weight is 279 g/mol. The van der Waals surface area contributed by atoms with Gasteiger partial charge in [-0.05, 0) is 12.8 Å². The summed E-state index contributed by atoms with van der Waals surface area (Å²) in [4.78, 5) is 0. The number of methoxy groups -OCH3 is 3. The Kier molecular flexibility index (Phi) is 4.89. The summed E-state index contributed by atoms with van der Waals surface area (Å²) in [5.74, 6) is 1.58. The Balaban J connectivity index is 2.53. The molecule has 1 aromatic carbocycles. The van der Waals surface area contributed by atoms with Gasteiger partial charge in [-0.2, -0.15) is 0 Å². The van der Waals surface area contributed by atoms with E-state index in [0.717, 1.165) is 29.9 Å². The second-order valence-corrected chi connectivity index (χ2v) is 5.46. The molecule has 0 amide bonds. The summed E-state index contributed by atoms with van der Waals surface area (Å²) in [6, 6.07) is 4.20. The second kappa shape index (κ2) is 6.46. The van der Waals surface area contributed by atoms with E-state index in [0.29, 0.717) is 13.2 Å². The Morgan fingerprint density at radius 3 is 2.20 bits per heavy atom. The highest BCUT2D eigenvalue weighted by atomic mass is 16.5. The summed E-state index contributed by atoms with van der Waals surface area (Å²) in [5, 5.41) is 0. The third kappa shape index (κ3) is 2.50. The highest BCUT2D eigenvalue weighted by Crippen LogP contribution is 2.48. The lowest BCUT2D eigenvalue weighted by Gasteiger charge is -2.30. The first kappa shape index (κ1) is 15.1. The lowest BCUT2D eigenvalue weighted by Crippen LogP contribution is -2.32. The Morgan fingerprint density at radius 1 is 1.05 bits per heavy atom. The van der Waals surface area contributed by atoms with Gasteiger partial charge in [0, 0.05) is 30.2 Å². The smallest absolute Gasteiger partial charge is 0.166 e. The van der Waals surface area contributed by atoms with Crippen LogP contribution in [0.1, 0.15) is 36.8 Å². The van der Waals surface area contributed by atoms with Gasteiger partial charge in [0.05, 0.1) is 20.8 Å². The van der Waals surface area contributed by atoms with Crippen LogP contribution in [0.2, 0.25) is 0 Å². The Morgan fingerprint density at radius 2 is 1.70 bits per heavy atom. The SMILES string of the molecule is COCc1ccc(C2(CN)CCCC2)c(OC)c1OC. The topological polar surface area (TPSA) is 53.7 Å². The molecule has 0 saturated heterocycles. The molecule has 4 heteroatoms. The van der Waals surface area contributed by atoms with Gasteiger partial charge in [-0.3, -0.25) is 0 Å². The molecule has 0 spiro atoms. The number of benzene rings is 1. The summed E-state index contributed by atoms with van der Waals surface area (Å²) < 4.78 is 16.4. The van der Waals surface area contributed by atoms with Crippen molar-refractivity contribution in [3.63, 3.8) is 0 Å². The maximum atomic E-state index is 6.09. The molecule has 0 radical (unpaired) electrons. The Bertz CT molecular complexity index is 453. The molecule has 1 fully saturated rings. The molecular formula is C16H25NO3. The first-order valence-electron chi connectivity index (χ1n) is 7.15. The molecule has 1 aromatic rings. The lowest BCUT2D eigenvalue weighted by molar-refractivity contribution is 0.180. The highest BCUT2D eigenvalue weighted by Gasteiger charge is 2.37. The number of hydrogen-bond acceptors (Lipinski definition) is 4. The number of ether oxygens (including phenoxy) is 3. The Hall–Kier alpha value is -1.26. The molecule has 1 aliphatic rings. The van der Waals surface area contributed by atoms with E-state index < -0.39 is 0 Å². The van der Waals surface area contributed by atoms with Crippen LogP contribution in [0.5, 0.6) is 11.5 Å². The zero-order valence-corrected chi connectivity index (χ0v) is 12.7.